The molecule has 0 atom stereocenters. The van der Waals surface area contributed by atoms with Crippen LogP contribution in [0.4, 0.5) is 0 Å². The lowest BCUT2D eigenvalue weighted by molar-refractivity contribution is 0.0942. The molecular formula is C16H25N3O3. The maximum atomic E-state index is 12.3. The van der Waals surface area contributed by atoms with Gasteiger partial charge in [-0.05, 0) is 38.2 Å². The summed E-state index contributed by atoms with van der Waals surface area (Å²) >= 11 is 0. The summed E-state index contributed by atoms with van der Waals surface area (Å²) in [5.74, 6) is -0.389. The summed E-state index contributed by atoms with van der Waals surface area (Å²) in [6, 6.07) is 4.60. The first kappa shape index (κ1) is 18.0. The number of nitrogens with one attached hydrogen (secondary N) is 1. The fourth-order valence-corrected chi connectivity index (χ4v) is 2.10. The molecule has 0 aliphatic heterocycles. The van der Waals surface area contributed by atoms with E-state index in [1.807, 2.05) is 6.92 Å². The van der Waals surface area contributed by atoms with Crippen LogP contribution in [0.15, 0.2) is 18.2 Å². The SMILES string of the molecule is CCOc1cc(C(N)=O)ccc1C(=O)NCCN(CC)CC. The minimum absolute atomic E-state index is 0.216. The third-order valence-electron chi connectivity index (χ3n) is 3.42. The number of amides is 2. The summed E-state index contributed by atoms with van der Waals surface area (Å²) in [5.41, 5.74) is 5.98. The highest BCUT2D eigenvalue weighted by Gasteiger charge is 2.14. The van der Waals surface area contributed by atoms with E-state index in [0.717, 1.165) is 19.6 Å². The Bertz CT molecular complexity index is 513. The molecule has 2 amide bonds. The van der Waals surface area contributed by atoms with E-state index in [1.54, 1.807) is 6.07 Å². The lowest BCUT2D eigenvalue weighted by Crippen LogP contribution is -2.35. The van der Waals surface area contributed by atoms with E-state index in [0.29, 0.717) is 30.0 Å². The summed E-state index contributed by atoms with van der Waals surface area (Å²) in [6.07, 6.45) is 0. The number of rotatable bonds is 9. The lowest BCUT2D eigenvalue weighted by atomic mass is 10.1. The second-order valence-corrected chi connectivity index (χ2v) is 4.79. The number of hydrogen-bond donors (Lipinski definition) is 2. The van der Waals surface area contributed by atoms with Gasteiger partial charge in [0.2, 0.25) is 5.91 Å². The number of benzene rings is 1. The van der Waals surface area contributed by atoms with Crippen molar-refractivity contribution in [3.8, 4) is 5.75 Å². The predicted molar refractivity (Wildman–Crippen MR) is 86.3 cm³/mol. The predicted octanol–water partition coefficient (Wildman–Crippen LogP) is 1.26. The molecule has 1 aromatic carbocycles. The van der Waals surface area contributed by atoms with Crippen LogP contribution in [0.25, 0.3) is 0 Å². The molecule has 0 fully saturated rings. The third-order valence-corrected chi connectivity index (χ3v) is 3.42. The zero-order valence-electron chi connectivity index (χ0n) is 13.5. The normalized spacial score (nSPS) is 10.5. The van der Waals surface area contributed by atoms with Gasteiger partial charge in [0, 0.05) is 18.7 Å². The zero-order chi connectivity index (χ0) is 16.5. The van der Waals surface area contributed by atoms with Gasteiger partial charge in [-0.25, -0.2) is 0 Å². The number of nitrogens with two attached hydrogens (primary N) is 1. The minimum atomic E-state index is -0.547. The van der Waals surface area contributed by atoms with Crippen LogP contribution in [0.2, 0.25) is 0 Å². The Morgan fingerprint density at radius 2 is 1.91 bits per heavy atom. The fraction of sp³-hybridized carbons (Fsp3) is 0.500. The summed E-state index contributed by atoms with van der Waals surface area (Å²) in [6.45, 7) is 9.64. The van der Waals surface area contributed by atoms with Gasteiger partial charge < -0.3 is 20.7 Å². The quantitative estimate of drug-likeness (QED) is 0.719. The van der Waals surface area contributed by atoms with Crippen LogP contribution in [0.5, 0.6) is 5.75 Å². The summed E-state index contributed by atoms with van der Waals surface area (Å²) < 4.78 is 5.44. The number of nitrogens with zero attached hydrogens (tertiary/aromatic N) is 1. The number of hydrogen-bond acceptors (Lipinski definition) is 4. The van der Waals surface area contributed by atoms with E-state index in [2.05, 4.69) is 24.1 Å². The lowest BCUT2D eigenvalue weighted by Gasteiger charge is -2.18. The van der Waals surface area contributed by atoms with E-state index < -0.39 is 5.91 Å². The molecule has 3 N–H and O–H groups in total. The van der Waals surface area contributed by atoms with E-state index in [4.69, 9.17) is 10.5 Å². The second kappa shape index (κ2) is 9.04. The van der Waals surface area contributed by atoms with Gasteiger partial charge in [0.05, 0.1) is 12.2 Å². The van der Waals surface area contributed by atoms with Crippen molar-refractivity contribution in [2.75, 3.05) is 32.8 Å². The Hall–Kier alpha value is -2.08. The first-order chi connectivity index (χ1) is 10.5. The first-order valence-corrected chi connectivity index (χ1v) is 7.60. The highest BCUT2D eigenvalue weighted by Crippen LogP contribution is 2.20. The molecule has 6 nitrogen and oxygen atoms in total. The molecule has 22 heavy (non-hydrogen) atoms. The van der Waals surface area contributed by atoms with Crippen LogP contribution >= 0.6 is 0 Å². The molecule has 122 valence electrons. The molecule has 0 saturated carbocycles. The van der Waals surface area contributed by atoms with Gasteiger partial charge in [-0.3, -0.25) is 9.59 Å². The molecule has 6 heteroatoms. The van der Waals surface area contributed by atoms with Crippen LogP contribution in [-0.4, -0.2) is 49.5 Å². The summed E-state index contributed by atoms with van der Waals surface area (Å²) in [5, 5.41) is 2.87. The molecule has 0 spiro atoms. The van der Waals surface area contributed by atoms with E-state index in [9.17, 15) is 9.59 Å². The largest absolute Gasteiger partial charge is 0.493 e. The monoisotopic (exact) mass is 307 g/mol. The van der Waals surface area contributed by atoms with Crippen molar-refractivity contribution >= 4 is 11.8 Å². The van der Waals surface area contributed by atoms with Crippen LogP contribution in [0, 0.1) is 0 Å². The molecule has 1 aromatic rings. The molecule has 0 aliphatic carbocycles. The maximum Gasteiger partial charge on any atom is 0.255 e. The third kappa shape index (κ3) is 5.04. The Morgan fingerprint density at radius 3 is 2.45 bits per heavy atom. The van der Waals surface area contributed by atoms with Crippen LogP contribution < -0.4 is 15.8 Å². The molecule has 0 aliphatic rings. The van der Waals surface area contributed by atoms with E-state index >= 15 is 0 Å². The molecule has 0 saturated heterocycles. The smallest absolute Gasteiger partial charge is 0.255 e. The van der Waals surface area contributed by atoms with E-state index in [-0.39, 0.29) is 5.91 Å². The number of carbonyl (C=O) groups excluding carboxylic acids is 2. The maximum absolute atomic E-state index is 12.3. The van der Waals surface area contributed by atoms with Gasteiger partial charge in [0.25, 0.3) is 5.91 Å². The van der Waals surface area contributed by atoms with Crippen molar-refractivity contribution in [2.24, 2.45) is 5.73 Å². The Kier molecular flexibility index (Phi) is 7.39. The van der Waals surface area contributed by atoms with Crippen molar-refractivity contribution in [3.63, 3.8) is 0 Å². The molecule has 0 bridgehead atoms. The van der Waals surface area contributed by atoms with Crippen molar-refractivity contribution in [2.45, 2.75) is 20.8 Å². The summed E-state index contributed by atoms with van der Waals surface area (Å²) in [7, 11) is 0. The average Bonchev–Trinajstić information content (AvgIpc) is 2.51. The highest BCUT2D eigenvalue weighted by atomic mass is 16.5. The minimum Gasteiger partial charge on any atom is -0.493 e. The number of likely N-dealkylation sites (N-methyl/N-ethyl adjacent to an activating group) is 1. The molecule has 0 radical (unpaired) electrons. The molecule has 0 aromatic heterocycles. The van der Waals surface area contributed by atoms with Gasteiger partial charge in [-0.15, -0.1) is 0 Å². The molecule has 0 unspecified atom stereocenters. The standard InChI is InChI=1S/C16H25N3O3/c1-4-19(5-2)10-9-18-16(21)13-8-7-12(15(17)20)11-14(13)22-6-3/h7-8,11H,4-6,9-10H2,1-3H3,(H2,17,20)(H,18,21). The second-order valence-electron chi connectivity index (χ2n) is 4.79. The van der Waals surface area contributed by atoms with Crippen LogP contribution in [0.1, 0.15) is 41.5 Å². The highest BCUT2D eigenvalue weighted by molar-refractivity contribution is 5.99. The number of primary amides is 1. The molecule has 1 rings (SSSR count). The van der Waals surface area contributed by atoms with Crippen molar-refractivity contribution in [1.29, 1.82) is 0 Å². The fourth-order valence-electron chi connectivity index (χ4n) is 2.10. The molecular weight excluding hydrogens is 282 g/mol. The van der Waals surface area contributed by atoms with Crippen molar-refractivity contribution in [3.05, 3.63) is 29.3 Å². The molecule has 0 heterocycles. The van der Waals surface area contributed by atoms with Gasteiger partial charge in [-0.1, -0.05) is 13.8 Å². The van der Waals surface area contributed by atoms with Crippen molar-refractivity contribution < 1.29 is 14.3 Å². The number of carbonyl (C=O) groups is 2. The van der Waals surface area contributed by atoms with Gasteiger partial charge in [-0.2, -0.15) is 0 Å². The van der Waals surface area contributed by atoms with Gasteiger partial charge >= 0.3 is 0 Å². The van der Waals surface area contributed by atoms with Crippen molar-refractivity contribution in [1.82, 2.24) is 10.2 Å². The zero-order valence-corrected chi connectivity index (χ0v) is 13.5. The van der Waals surface area contributed by atoms with Gasteiger partial charge in [0.15, 0.2) is 0 Å². The van der Waals surface area contributed by atoms with E-state index in [1.165, 1.54) is 12.1 Å². The first-order valence-electron chi connectivity index (χ1n) is 7.60. The van der Waals surface area contributed by atoms with Crippen LogP contribution in [0.3, 0.4) is 0 Å². The Morgan fingerprint density at radius 1 is 1.23 bits per heavy atom. The average molecular weight is 307 g/mol. The summed E-state index contributed by atoms with van der Waals surface area (Å²) in [4.78, 5) is 25.7. The van der Waals surface area contributed by atoms with Gasteiger partial charge in [0.1, 0.15) is 5.75 Å². The topological polar surface area (TPSA) is 84.7 Å². The Balaban J connectivity index is 2.77. The number of ether oxygens (including phenoxy) is 1. The Labute approximate surface area is 131 Å². The van der Waals surface area contributed by atoms with Crippen LogP contribution in [-0.2, 0) is 0 Å².